The van der Waals surface area contributed by atoms with Crippen LogP contribution in [0.15, 0.2) is 252 Å². The molecule has 5 N–H and O–H groups in total. The van der Waals surface area contributed by atoms with Gasteiger partial charge in [0.2, 0.25) is 0 Å². The number of hydrogen-bond acceptors (Lipinski definition) is 17. The molecule has 0 saturated heterocycles. The summed E-state index contributed by atoms with van der Waals surface area (Å²) in [6, 6.07) is 78.8. The van der Waals surface area contributed by atoms with E-state index in [1.165, 1.54) is 71.4 Å². The molecule has 11 aromatic rings. The van der Waals surface area contributed by atoms with Crippen molar-refractivity contribution in [3.8, 4) is 110 Å². The summed E-state index contributed by atoms with van der Waals surface area (Å²) in [5.41, 5.74) is 19.0. The van der Waals surface area contributed by atoms with Gasteiger partial charge in [-0.25, -0.2) is 0 Å². The first kappa shape index (κ1) is 101. The van der Waals surface area contributed by atoms with Gasteiger partial charge in [-0.3, -0.25) is 19.2 Å². The Kier molecular flexibility index (Phi) is 40.0. The number of aryl methyl sites for hydroxylation is 4. The second-order valence-electron chi connectivity index (χ2n) is 31.3. The third-order valence-corrected chi connectivity index (χ3v) is 23.4. The van der Waals surface area contributed by atoms with Crippen molar-refractivity contribution in [3.63, 3.8) is 0 Å². The SMILES string of the molecule is CC#C[C@H](CC(=O)O)c1ccc(OC2CCc3cc(-c4cccc(OCC)c4)ccc32)cc1.CC#C[C@H](CC(=O)OC)c1ccc(O)cc1.CC#C[C@H](CC(=O)OC)c1ccc(OC2CCc3cc(-c4cccc(OCC)c4)ccc32)cc1.CC#C[C@H](CC(=O)OC)c1ccc(OC2CCc3cc(Br)ccc32)cc1.CCOc1cccc(B(O)O)c1.OC1CCc2cc(Br)ccc21. The number of aliphatic hydroxyl groups excluding tert-OH is 1. The van der Waals surface area contributed by atoms with Gasteiger partial charge in [-0.15, -0.1) is 23.7 Å². The van der Waals surface area contributed by atoms with Crippen molar-refractivity contribution in [2.75, 3.05) is 41.2 Å². The van der Waals surface area contributed by atoms with E-state index in [9.17, 15) is 24.3 Å². The van der Waals surface area contributed by atoms with Crippen molar-refractivity contribution in [3.05, 3.63) is 318 Å². The molecule has 0 bridgehead atoms. The molecule has 21 heteroatoms. The average molecular weight is 1910 g/mol. The number of esters is 3. The molecule has 0 amide bonds. The van der Waals surface area contributed by atoms with Crippen molar-refractivity contribution in [1.29, 1.82) is 0 Å². The first-order valence-electron chi connectivity index (χ1n) is 44.2. The normalized spacial score (nSPS) is 14.9. The third-order valence-electron chi connectivity index (χ3n) is 22.5. The van der Waals surface area contributed by atoms with Crippen LogP contribution < -0.4 is 33.9 Å². The van der Waals surface area contributed by atoms with Gasteiger partial charge in [0.15, 0.2) is 0 Å². The Bertz CT molecular complexity index is 5930. The molecule has 8 atom stereocenters. The van der Waals surface area contributed by atoms with Gasteiger partial charge in [0.05, 0.1) is 96.6 Å². The Balaban J connectivity index is 0.000000172. The lowest BCUT2D eigenvalue weighted by Gasteiger charge is -2.17. The number of carbonyl (C=O) groups is 4. The number of carboxylic acids is 1. The minimum Gasteiger partial charge on any atom is -0.508 e. The molecule has 4 aliphatic rings. The van der Waals surface area contributed by atoms with E-state index in [1.807, 2.05) is 130 Å². The topological polar surface area (TPSA) is 252 Å². The highest BCUT2D eigenvalue weighted by molar-refractivity contribution is 9.10. The molecule has 132 heavy (non-hydrogen) atoms. The van der Waals surface area contributed by atoms with Crippen LogP contribution in [-0.2, 0) is 59.1 Å². The Morgan fingerprint density at radius 2 is 0.682 bits per heavy atom. The maximum absolute atomic E-state index is 11.7. The summed E-state index contributed by atoms with van der Waals surface area (Å²) in [4.78, 5) is 45.6. The smallest absolute Gasteiger partial charge is 0.488 e. The summed E-state index contributed by atoms with van der Waals surface area (Å²) in [6.07, 6.45) is 8.38. The van der Waals surface area contributed by atoms with Crippen LogP contribution in [0, 0.1) is 47.4 Å². The summed E-state index contributed by atoms with van der Waals surface area (Å²) in [5.74, 6) is 26.1. The Hall–Kier alpha value is -13.0. The number of ether oxygens (including phenoxy) is 9. The quantitative estimate of drug-likeness (QED) is 0.0139. The van der Waals surface area contributed by atoms with E-state index in [1.54, 1.807) is 76.2 Å². The number of methoxy groups -OCH3 is 3. The Labute approximate surface area is 793 Å². The molecule has 0 radical (unpaired) electrons. The fourth-order valence-corrected chi connectivity index (χ4v) is 16.8. The van der Waals surface area contributed by atoms with Gasteiger partial charge in [0, 0.05) is 8.95 Å². The van der Waals surface area contributed by atoms with Crippen LogP contribution in [0.1, 0.15) is 215 Å². The fraction of sp³-hybridized carbons (Fsp3) is 0.297. The van der Waals surface area contributed by atoms with Crippen LogP contribution in [0.25, 0.3) is 22.3 Å². The second kappa shape index (κ2) is 52.2. The van der Waals surface area contributed by atoms with E-state index in [4.69, 9.17) is 58.2 Å². The van der Waals surface area contributed by atoms with Gasteiger partial charge in [-0.1, -0.05) is 189 Å². The van der Waals surface area contributed by atoms with E-state index < -0.39 is 13.1 Å². The molecule has 0 spiro atoms. The highest BCUT2D eigenvalue weighted by Crippen LogP contribution is 2.43. The van der Waals surface area contributed by atoms with Crippen LogP contribution >= 0.6 is 31.9 Å². The van der Waals surface area contributed by atoms with Gasteiger partial charge in [-0.05, 0) is 304 Å². The number of hydrogen-bond donors (Lipinski definition) is 5. The lowest BCUT2D eigenvalue weighted by molar-refractivity contribution is -0.141. The zero-order chi connectivity index (χ0) is 94.4. The highest BCUT2D eigenvalue weighted by atomic mass is 79.9. The minimum atomic E-state index is -1.43. The molecule has 0 saturated carbocycles. The van der Waals surface area contributed by atoms with E-state index in [0.717, 1.165) is 128 Å². The predicted octanol–water partition coefficient (Wildman–Crippen LogP) is 22.3. The van der Waals surface area contributed by atoms with Gasteiger partial charge in [-0.2, -0.15) is 0 Å². The summed E-state index contributed by atoms with van der Waals surface area (Å²) in [5, 5.41) is 45.4. The molecule has 0 aliphatic heterocycles. The monoisotopic (exact) mass is 1900 g/mol. The number of phenols is 1. The summed E-state index contributed by atoms with van der Waals surface area (Å²) in [6.45, 7) is 14.8. The van der Waals surface area contributed by atoms with E-state index in [0.29, 0.717) is 31.0 Å². The van der Waals surface area contributed by atoms with Crippen molar-refractivity contribution >= 4 is 68.3 Å². The maximum atomic E-state index is 11.7. The number of aliphatic hydroxyl groups is 1. The minimum absolute atomic E-state index is 0.00709. The number of benzene rings is 11. The molecule has 0 fully saturated rings. The van der Waals surface area contributed by atoms with Crippen molar-refractivity contribution in [2.45, 2.75) is 174 Å². The van der Waals surface area contributed by atoms with Gasteiger partial charge in [0.1, 0.15) is 58.6 Å². The predicted molar refractivity (Wildman–Crippen MR) is 525 cm³/mol. The van der Waals surface area contributed by atoms with Crippen LogP contribution in [0.2, 0.25) is 0 Å². The van der Waals surface area contributed by atoms with Crippen LogP contribution in [0.3, 0.4) is 0 Å². The maximum Gasteiger partial charge on any atom is 0.488 e. The molecule has 0 aromatic heterocycles. The number of fused-ring (bicyclic) bond motifs is 4. The van der Waals surface area contributed by atoms with E-state index in [2.05, 4.69) is 169 Å². The molecule has 15 rings (SSSR count). The average Bonchev–Trinajstić information content (AvgIpc) is 1.65. The molecular formula is C111H113BBr2O18. The summed E-state index contributed by atoms with van der Waals surface area (Å²) in [7, 11) is 2.73. The lowest BCUT2D eigenvalue weighted by atomic mass is 9.80. The molecule has 4 aliphatic carbocycles. The summed E-state index contributed by atoms with van der Waals surface area (Å²) >= 11 is 6.93. The number of carbonyl (C=O) groups excluding carboxylic acids is 3. The van der Waals surface area contributed by atoms with E-state index >= 15 is 0 Å². The summed E-state index contributed by atoms with van der Waals surface area (Å²) < 4.78 is 51.7. The van der Waals surface area contributed by atoms with Crippen molar-refractivity contribution < 1.29 is 87.2 Å². The zero-order valence-corrected chi connectivity index (χ0v) is 79.4. The van der Waals surface area contributed by atoms with Gasteiger partial charge >= 0.3 is 31.0 Å². The first-order valence-corrected chi connectivity index (χ1v) is 45.8. The number of aliphatic carboxylic acids is 1. The highest BCUT2D eigenvalue weighted by Gasteiger charge is 2.29. The zero-order valence-electron chi connectivity index (χ0n) is 76.2. The molecule has 0 heterocycles. The lowest BCUT2D eigenvalue weighted by Crippen LogP contribution is -2.29. The Morgan fingerprint density at radius 3 is 1.03 bits per heavy atom. The largest absolute Gasteiger partial charge is 0.508 e. The van der Waals surface area contributed by atoms with Gasteiger partial charge < -0.3 is 68.0 Å². The van der Waals surface area contributed by atoms with Crippen LogP contribution in [0.5, 0.6) is 40.2 Å². The number of rotatable bonds is 27. The molecule has 18 nitrogen and oxygen atoms in total. The second-order valence-corrected chi connectivity index (χ2v) is 33.2. The number of carboxylic acid groups (broad SMARTS) is 1. The van der Waals surface area contributed by atoms with Crippen LogP contribution in [-0.4, -0.2) is 97.5 Å². The van der Waals surface area contributed by atoms with E-state index in [-0.39, 0.29) is 97.4 Å². The first-order chi connectivity index (χ1) is 63.9. The number of aromatic hydroxyl groups is 1. The van der Waals surface area contributed by atoms with Gasteiger partial charge in [0.25, 0.3) is 0 Å². The number of halogens is 2. The standard InChI is InChI=1S/C30H30O4.C29H28O4.C22H21BrO3.C13H14O3.C9H9BrO.C8H11BO3/c1-4-7-22(20-30(31)32-3)21-10-14-26(15-11-21)34-29-17-13-25-18-24(12-16-28(25)29)23-8-6-9-27(19-23)33-5-2;1-3-6-21(19-29(30)31)20-9-13-25(14-10-20)33-28-16-12-24-17-23(11-15-27(24)28)22-7-5-8-26(18-22)32-4-2;1-3-4-16(14-22(24)25-2)15-5-9-19(10-6-15)26-21-12-7-17-13-18(23)8-11-20(17)21;1-3-4-11(9-13(15)16-2)10-5-7-12(14)8-6-10;10-7-2-3-8-6(5-7)1-4-9(8)11;1-2-12-8-5-3-4-7(6-8)9(10)11/h6,8-12,14-16,18-19,22,29H,5,13,17,20H2,1-3H3;5,7-11,13-15,17-18,21,28H,4,12,16,19H2,1-2H3,(H,30,31);5-6,8-11,13,16,21H,7,12,14H2,1-2H3;5-8,11,14H,9H2,1-2H3;2-3,5,9,11H,1,4H2;3-6,10-11H,2H2,1H3/t22-,29?;21-,28?;16-,21?;11-;;/m1111../s1. The Morgan fingerprint density at radius 1 is 0.371 bits per heavy atom. The fourth-order valence-electron chi connectivity index (χ4n) is 16.0. The van der Waals surface area contributed by atoms with Crippen LogP contribution in [0.4, 0.5) is 0 Å². The third kappa shape index (κ3) is 30.3. The molecule has 11 aromatic carbocycles. The van der Waals surface area contributed by atoms with Crippen molar-refractivity contribution in [1.82, 2.24) is 0 Å². The molecule has 682 valence electrons. The molecular weight excluding hydrogens is 1790 g/mol. The molecule has 4 unspecified atom stereocenters. The number of phenolic OH excluding ortho intramolecular Hbond substituents is 1. The van der Waals surface area contributed by atoms with Crippen molar-refractivity contribution in [2.24, 2.45) is 0 Å².